The molecule has 82 valence electrons. The smallest absolute Gasteiger partial charge is 0.488 e. The maximum atomic E-state index is 9.02. The Kier molecular flexibility index (Phi) is 4.18. The summed E-state index contributed by atoms with van der Waals surface area (Å²) in [4.78, 5) is 0. The van der Waals surface area contributed by atoms with E-state index in [1.54, 1.807) is 19.2 Å². The molecule has 0 aliphatic rings. The van der Waals surface area contributed by atoms with Gasteiger partial charge in [-0.3, -0.25) is 0 Å². The standard InChI is InChI=1S/C11H17BO3/c1-8(2)6-9-4-5-10(12(13)14)7-11(9)15-3/h4-5,7-8,13-14H,6H2,1-3H3. The van der Waals surface area contributed by atoms with Gasteiger partial charge in [0.2, 0.25) is 0 Å². The third kappa shape index (κ3) is 3.25. The van der Waals surface area contributed by atoms with Gasteiger partial charge in [-0.2, -0.15) is 0 Å². The SMILES string of the molecule is COc1cc(B(O)O)ccc1CC(C)C. The largest absolute Gasteiger partial charge is 0.496 e. The molecule has 1 rings (SSSR count). The van der Waals surface area contributed by atoms with Gasteiger partial charge in [-0.25, -0.2) is 0 Å². The summed E-state index contributed by atoms with van der Waals surface area (Å²) >= 11 is 0. The molecule has 0 spiro atoms. The van der Waals surface area contributed by atoms with Crippen molar-refractivity contribution in [1.29, 1.82) is 0 Å². The van der Waals surface area contributed by atoms with Crippen molar-refractivity contribution in [3.63, 3.8) is 0 Å². The van der Waals surface area contributed by atoms with Crippen molar-refractivity contribution in [3.05, 3.63) is 23.8 Å². The van der Waals surface area contributed by atoms with Crippen LogP contribution in [0.1, 0.15) is 19.4 Å². The van der Waals surface area contributed by atoms with Gasteiger partial charge in [0.25, 0.3) is 0 Å². The lowest BCUT2D eigenvalue weighted by atomic mass is 9.79. The summed E-state index contributed by atoms with van der Waals surface area (Å²) < 4.78 is 5.21. The highest BCUT2D eigenvalue weighted by atomic mass is 16.5. The lowest BCUT2D eigenvalue weighted by molar-refractivity contribution is 0.405. The Labute approximate surface area is 90.9 Å². The van der Waals surface area contributed by atoms with Gasteiger partial charge in [0.15, 0.2) is 0 Å². The van der Waals surface area contributed by atoms with Gasteiger partial charge in [-0.05, 0) is 29.4 Å². The van der Waals surface area contributed by atoms with E-state index >= 15 is 0 Å². The van der Waals surface area contributed by atoms with E-state index in [1.165, 1.54) is 0 Å². The molecule has 15 heavy (non-hydrogen) atoms. The average Bonchev–Trinajstić information content (AvgIpc) is 2.17. The fraction of sp³-hybridized carbons (Fsp3) is 0.455. The van der Waals surface area contributed by atoms with Crippen molar-refractivity contribution >= 4 is 12.6 Å². The molecule has 0 atom stereocenters. The number of hydrogen-bond acceptors (Lipinski definition) is 3. The van der Waals surface area contributed by atoms with Crippen molar-refractivity contribution in [2.24, 2.45) is 5.92 Å². The topological polar surface area (TPSA) is 49.7 Å². The molecular formula is C11H17BO3. The summed E-state index contributed by atoms with van der Waals surface area (Å²) in [6.45, 7) is 4.27. The molecule has 0 unspecified atom stereocenters. The van der Waals surface area contributed by atoms with Crippen molar-refractivity contribution in [2.45, 2.75) is 20.3 Å². The number of methoxy groups -OCH3 is 1. The van der Waals surface area contributed by atoms with E-state index < -0.39 is 7.12 Å². The van der Waals surface area contributed by atoms with Gasteiger partial charge in [-0.15, -0.1) is 0 Å². The summed E-state index contributed by atoms with van der Waals surface area (Å²) in [6.07, 6.45) is 0.922. The predicted octanol–water partition coefficient (Wildman–Crippen LogP) is 0.573. The Morgan fingerprint density at radius 2 is 2.00 bits per heavy atom. The zero-order valence-electron chi connectivity index (χ0n) is 9.40. The van der Waals surface area contributed by atoms with Crippen LogP contribution in [0.3, 0.4) is 0 Å². The highest BCUT2D eigenvalue weighted by Gasteiger charge is 2.14. The molecule has 0 fully saturated rings. The molecule has 0 heterocycles. The van der Waals surface area contributed by atoms with Gasteiger partial charge in [0.1, 0.15) is 5.75 Å². The fourth-order valence-corrected chi connectivity index (χ4v) is 1.53. The zero-order chi connectivity index (χ0) is 11.4. The minimum absolute atomic E-state index is 0.458. The molecule has 3 nitrogen and oxygen atoms in total. The van der Waals surface area contributed by atoms with Crippen LogP contribution in [0.2, 0.25) is 0 Å². The second kappa shape index (κ2) is 5.19. The third-order valence-electron chi connectivity index (χ3n) is 2.24. The molecule has 0 saturated carbocycles. The third-order valence-corrected chi connectivity index (χ3v) is 2.24. The summed E-state index contributed by atoms with van der Waals surface area (Å²) in [7, 11) is 0.152. The molecule has 0 aromatic heterocycles. The molecule has 0 aliphatic carbocycles. The minimum Gasteiger partial charge on any atom is -0.496 e. The molecular weight excluding hydrogens is 191 g/mol. The number of ether oxygens (including phenoxy) is 1. The zero-order valence-corrected chi connectivity index (χ0v) is 9.40. The Balaban J connectivity index is 2.98. The fourth-order valence-electron chi connectivity index (χ4n) is 1.53. The van der Waals surface area contributed by atoms with E-state index in [4.69, 9.17) is 14.8 Å². The van der Waals surface area contributed by atoms with Crippen LogP contribution in [-0.2, 0) is 6.42 Å². The molecule has 0 aliphatic heterocycles. The minimum atomic E-state index is -1.44. The maximum absolute atomic E-state index is 9.02. The van der Waals surface area contributed by atoms with E-state index in [2.05, 4.69) is 13.8 Å². The quantitative estimate of drug-likeness (QED) is 0.711. The number of rotatable bonds is 4. The molecule has 0 saturated heterocycles. The summed E-state index contributed by atoms with van der Waals surface area (Å²) in [6, 6.07) is 5.26. The van der Waals surface area contributed by atoms with Crippen LogP contribution in [0.4, 0.5) is 0 Å². The van der Waals surface area contributed by atoms with E-state index in [1.807, 2.05) is 6.07 Å². The Morgan fingerprint density at radius 3 is 2.47 bits per heavy atom. The van der Waals surface area contributed by atoms with Crippen molar-refractivity contribution in [2.75, 3.05) is 7.11 Å². The Hall–Kier alpha value is -0.995. The second-order valence-electron chi connectivity index (χ2n) is 4.04. The Morgan fingerprint density at radius 1 is 1.33 bits per heavy atom. The number of benzene rings is 1. The van der Waals surface area contributed by atoms with Crippen molar-refractivity contribution < 1.29 is 14.8 Å². The lowest BCUT2D eigenvalue weighted by Crippen LogP contribution is -2.29. The van der Waals surface area contributed by atoms with Crippen LogP contribution < -0.4 is 10.2 Å². The summed E-state index contributed by atoms with van der Waals surface area (Å²) in [5.74, 6) is 1.26. The van der Waals surface area contributed by atoms with Crippen LogP contribution in [0.5, 0.6) is 5.75 Å². The summed E-state index contributed by atoms with van der Waals surface area (Å²) in [5.41, 5.74) is 1.55. The Bertz CT molecular complexity index is 324. The molecule has 0 bridgehead atoms. The molecule has 0 amide bonds. The highest BCUT2D eigenvalue weighted by Crippen LogP contribution is 2.19. The normalized spacial score (nSPS) is 10.5. The van der Waals surface area contributed by atoms with Crippen LogP contribution in [0, 0.1) is 5.92 Å². The molecule has 2 N–H and O–H groups in total. The number of hydrogen-bond donors (Lipinski definition) is 2. The van der Waals surface area contributed by atoms with Crippen LogP contribution >= 0.6 is 0 Å². The first-order chi connectivity index (χ1) is 7.04. The van der Waals surface area contributed by atoms with Crippen molar-refractivity contribution in [3.8, 4) is 5.75 Å². The van der Waals surface area contributed by atoms with E-state index in [9.17, 15) is 0 Å². The van der Waals surface area contributed by atoms with E-state index in [-0.39, 0.29) is 0 Å². The lowest BCUT2D eigenvalue weighted by Gasteiger charge is -2.12. The average molecular weight is 208 g/mol. The molecule has 1 aromatic rings. The van der Waals surface area contributed by atoms with Gasteiger partial charge in [0.05, 0.1) is 7.11 Å². The molecule has 0 radical (unpaired) electrons. The predicted molar refractivity (Wildman–Crippen MR) is 61.4 cm³/mol. The van der Waals surface area contributed by atoms with Crippen LogP contribution in [0.15, 0.2) is 18.2 Å². The molecule has 4 heteroatoms. The molecule has 1 aromatic carbocycles. The van der Waals surface area contributed by atoms with Gasteiger partial charge < -0.3 is 14.8 Å². The van der Waals surface area contributed by atoms with Gasteiger partial charge in [0, 0.05) is 0 Å². The second-order valence-corrected chi connectivity index (χ2v) is 4.04. The van der Waals surface area contributed by atoms with Crippen LogP contribution in [0.25, 0.3) is 0 Å². The summed E-state index contributed by atoms with van der Waals surface area (Å²) in [5, 5.41) is 18.0. The first-order valence-corrected chi connectivity index (χ1v) is 5.07. The highest BCUT2D eigenvalue weighted by molar-refractivity contribution is 6.58. The van der Waals surface area contributed by atoms with Gasteiger partial charge >= 0.3 is 7.12 Å². The maximum Gasteiger partial charge on any atom is 0.488 e. The van der Waals surface area contributed by atoms with Crippen molar-refractivity contribution in [1.82, 2.24) is 0 Å². The van der Waals surface area contributed by atoms with E-state index in [0.29, 0.717) is 17.1 Å². The first kappa shape index (κ1) is 12.1. The van der Waals surface area contributed by atoms with Crippen LogP contribution in [-0.4, -0.2) is 24.3 Å². The van der Waals surface area contributed by atoms with E-state index in [0.717, 1.165) is 12.0 Å². The monoisotopic (exact) mass is 208 g/mol. The van der Waals surface area contributed by atoms with Gasteiger partial charge in [-0.1, -0.05) is 26.0 Å². The first-order valence-electron chi connectivity index (χ1n) is 5.07.